The molecule has 0 saturated carbocycles. The minimum Gasteiger partial charge on any atom is -0.469 e. The van der Waals surface area contributed by atoms with Crippen molar-refractivity contribution >= 4 is 5.97 Å². The Labute approximate surface area is 131 Å². The molecule has 122 valence electrons. The smallest absolute Gasteiger partial charge is 0.308 e. The van der Waals surface area contributed by atoms with Crippen molar-refractivity contribution in [1.82, 2.24) is 0 Å². The molecule has 0 amide bonds. The molecule has 0 aliphatic carbocycles. The van der Waals surface area contributed by atoms with Gasteiger partial charge in [0.1, 0.15) is 0 Å². The summed E-state index contributed by atoms with van der Waals surface area (Å²) in [5.74, 6) is -0.996. The lowest BCUT2D eigenvalue weighted by atomic mass is 10.1. The predicted octanol–water partition coefficient (Wildman–Crippen LogP) is 2.68. The van der Waals surface area contributed by atoms with Crippen LogP contribution in [0.2, 0.25) is 0 Å². The SMILES string of the molecule is COC(=O)C[C@@H]1C[C@H](COCc2ccccc2)OC(C)(C)O1. The third kappa shape index (κ3) is 5.40. The van der Waals surface area contributed by atoms with Gasteiger partial charge in [-0.3, -0.25) is 4.79 Å². The van der Waals surface area contributed by atoms with Crippen molar-refractivity contribution < 1.29 is 23.7 Å². The number of hydrogen-bond acceptors (Lipinski definition) is 5. The highest BCUT2D eigenvalue weighted by molar-refractivity contribution is 5.69. The Balaban J connectivity index is 1.83. The number of esters is 1. The molecule has 1 fully saturated rings. The Morgan fingerprint density at radius 3 is 2.59 bits per heavy atom. The van der Waals surface area contributed by atoms with Gasteiger partial charge in [-0.05, 0) is 19.4 Å². The topological polar surface area (TPSA) is 54.0 Å². The lowest BCUT2D eigenvalue weighted by Gasteiger charge is -2.40. The minimum absolute atomic E-state index is 0.0953. The number of carbonyl (C=O) groups excluding carboxylic acids is 1. The van der Waals surface area contributed by atoms with E-state index in [0.717, 1.165) is 5.56 Å². The summed E-state index contributed by atoms with van der Waals surface area (Å²) >= 11 is 0. The first kappa shape index (κ1) is 16.9. The van der Waals surface area contributed by atoms with E-state index in [9.17, 15) is 4.79 Å². The lowest BCUT2D eigenvalue weighted by Crippen LogP contribution is -2.46. The van der Waals surface area contributed by atoms with Gasteiger partial charge in [-0.25, -0.2) is 0 Å². The number of rotatable bonds is 6. The van der Waals surface area contributed by atoms with Crippen molar-refractivity contribution in [3.05, 3.63) is 35.9 Å². The van der Waals surface area contributed by atoms with Gasteiger partial charge in [-0.15, -0.1) is 0 Å². The van der Waals surface area contributed by atoms with Crippen molar-refractivity contribution in [3.63, 3.8) is 0 Å². The average Bonchev–Trinajstić information content (AvgIpc) is 2.46. The number of carbonyl (C=O) groups is 1. The molecule has 2 rings (SSSR count). The summed E-state index contributed by atoms with van der Waals surface area (Å²) in [4.78, 5) is 11.4. The molecule has 22 heavy (non-hydrogen) atoms. The van der Waals surface area contributed by atoms with Gasteiger partial charge in [0.25, 0.3) is 0 Å². The first-order valence-electron chi connectivity index (χ1n) is 7.52. The summed E-state index contributed by atoms with van der Waals surface area (Å²) < 4.78 is 22.1. The van der Waals surface area contributed by atoms with Crippen LogP contribution in [0.3, 0.4) is 0 Å². The summed E-state index contributed by atoms with van der Waals surface area (Å²) in [6, 6.07) is 9.99. The average molecular weight is 308 g/mol. The molecule has 0 aromatic heterocycles. The Morgan fingerprint density at radius 1 is 1.23 bits per heavy atom. The van der Waals surface area contributed by atoms with Crippen LogP contribution in [-0.2, 0) is 30.3 Å². The van der Waals surface area contributed by atoms with Crippen molar-refractivity contribution in [2.24, 2.45) is 0 Å². The largest absolute Gasteiger partial charge is 0.469 e. The zero-order chi connectivity index (χ0) is 16.0. The van der Waals surface area contributed by atoms with Crippen LogP contribution in [0.15, 0.2) is 30.3 Å². The van der Waals surface area contributed by atoms with Gasteiger partial charge in [0, 0.05) is 6.42 Å². The van der Waals surface area contributed by atoms with Gasteiger partial charge in [-0.1, -0.05) is 30.3 Å². The first-order chi connectivity index (χ1) is 10.5. The van der Waals surface area contributed by atoms with Crippen molar-refractivity contribution in [2.45, 2.75) is 51.3 Å². The molecule has 5 nitrogen and oxygen atoms in total. The maximum atomic E-state index is 11.4. The number of ether oxygens (including phenoxy) is 4. The molecule has 2 atom stereocenters. The van der Waals surface area contributed by atoms with Gasteiger partial charge in [0.15, 0.2) is 5.79 Å². The van der Waals surface area contributed by atoms with Crippen LogP contribution in [0.4, 0.5) is 0 Å². The molecule has 1 heterocycles. The van der Waals surface area contributed by atoms with Gasteiger partial charge in [0.05, 0.1) is 39.0 Å². The zero-order valence-electron chi connectivity index (χ0n) is 13.4. The maximum absolute atomic E-state index is 11.4. The molecule has 1 aromatic rings. The molecule has 0 spiro atoms. The van der Waals surface area contributed by atoms with Crippen LogP contribution in [0, 0.1) is 0 Å². The predicted molar refractivity (Wildman–Crippen MR) is 81.2 cm³/mol. The molecule has 1 aliphatic rings. The Hall–Kier alpha value is -1.43. The molecule has 1 saturated heterocycles. The van der Waals surface area contributed by atoms with E-state index in [2.05, 4.69) is 0 Å². The van der Waals surface area contributed by atoms with E-state index in [1.165, 1.54) is 7.11 Å². The summed E-state index contributed by atoms with van der Waals surface area (Å²) in [7, 11) is 1.38. The molecule has 1 aromatic carbocycles. The Morgan fingerprint density at radius 2 is 1.91 bits per heavy atom. The summed E-state index contributed by atoms with van der Waals surface area (Å²) in [6.07, 6.45) is 0.551. The number of methoxy groups -OCH3 is 1. The molecule has 0 unspecified atom stereocenters. The van der Waals surface area contributed by atoms with Gasteiger partial charge in [0.2, 0.25) is 0 Å². The van der Waals surface area contributed by atoms with Crippen LogP contribution in [0.5, 0.6) is 0 Å². The van der Waals surface area contributed by atoms with Crippen molar-refractivity contribution in [1.29, 1.82) is 0 Å². The maximum Gasteiger partial charge on any atom is 0.308 e. The molecular weight excluding hydrogens is 284 g/mol. The quantitative estimate of drug-likeness (QED) is 0.756. The monoisotopic (exact) mass is 308 g/mol. The van der Waals surface area contributed by atoms with Crippen LogP contribution in [-0.4, -0.2) is 37.7 Å². The fourth-order valence-electron chi connectivity index (χ4n) is 2.60. The molecular formula is C17H24O5. The van der Waals surface area contributed by atoms with E-state index in [-0.39, 0.29) is 24.6 Å². The van der Waals surface area contributed by atoms with Crippen LogP contribution >= 0.6 is 0 Å². The minimum atomic E-state index is -0.724. The van der Waals surface area contributed by atoms with Crippen LogP contribution in [0.25, 0.3) is 0 Å². The standard InChI is InChI=1S/C17H24O5/c1-17(2)21-14(10-16(18)19-3)9-15(22-17)12-20-11-13-7-5-4-6-8-13/h4-8,14-15H,9-12H2,1-3H3/t14-,15+/m0/s1. The lowest BCUT2D eigenvalue weighted by molar-refractivity contribution is -0.306. The van der Waals surface area contributed by atoms with E-state index in [4.69, 9.17) is 18.9 Å². The van der Waals surface area contributed by atoms with Crippen LogP contribution in [0.1, 0.15) is 32.3 Å². The normalized spacial score (nSPS) is 24.0. The Kier molecular flexibility index (Phi) is 5.94. The third-order valence-electron chi connectivity index (χ3n) is 3.46. The van der Waals surface area contributed by atoms with Crippen molar-refractivity contribution in [2.75, 3.05) is 13.7 Å². The molecule has 0 radical (unpaired) electrons. The zero-order valence-corrected chi connectivity index (χ0v) is 13.4. The van der Waals surface area contributed by atoms with E-state index >= 15 is 0 Å². The second kappa shape index (κ2) is 7.72. The molecule has 1 aliphatic heterocycles. The third-order valence-corrected chi connectivity index (χ3v) is 3.46. The van der Waals surface area contributed by atoms with E-state index < -0.39 is 5.79 Å². The summed E-state index contributed by atoms with van der Waals surface area (Å²) in [5.41, 5.74) is 1.12. The second-order valence-electron chi connectivity index (χ2n) is 5.90. The van der Waals surface area contributed by atoms with Crippen LogP contribution < -0.4 is 0 Å². The number of hydrogen-bond donors (Lipinski definition) is 0. The van der Waals surface area contributed by atoms with E-state index in [1.807, 2.05) is 44.2 Å². The van der Waals surface area contributed by atoms with E-state index in [1.54, 1.807) is 0 Å². The highest BCUT2D eigenvalue weighted by Gasteiger charge is 2.36. The first-order valence-corrected chi connectivity index (χ1v) is 7.52. The number of benzene rings is 1. The van der Waals surface area contributed by atoms with E-state index in [0.29, 0.717) is 19.6 Å². The summed E-state index contributed by atoms with van der Waals surface area (Å²) in [6.45, 7) is 4.71. The molecule has 0 bridgehead atoms. The van der Waals surface area contributed by atoms with Gasteiger partial charge in [-0.2, -0.15) is 0 Å². The molecule has 0 N–H and O–H groups in total. The van der Waals surface area contributed by atoms with Gasteiger partial charge >= 0.3 is 5.97 Å². The van der Waals surface area contributed by atoms with Gasteiger partial charge < -0.3 is 18.9 Å². The fraction of sp³-hybridized carbons (Fsp3) is 0.588. The highest BCUT2D eigenvalue weighted by atomic mass is 16.7. The molecule has 5 heteroatoms. The summed E-state index contributed by atoms with van der Waals surface area (Å²) in [5, 5.41) is 0. The Bertz CT molecular complexity index is 471. The second-order valence-corrected chi connectivity index (χ2v) is 5.90. The highest BCUT2D eigenvalue weighted by Crippen LogP contribution is 2.28. The van der Waals surface area contributed by atoms with Crippen molar-refractivity contribution in [3.8, 4) is 0 Å². The fourth-order valence-corrected chi connectivity index (χ4v) is 2.60.